The fraction of sp³-hybridized carbons (Fsp3) is 0.423. The van der Waals surface area contributed by atoms with Crippen molar-refractivity contribution in [1.29, 1.82) is 0 Å². The van der Waals surface area contributed by atoms with Crippen molar-refractivity contribution >= 4 is 18.1 Å². The molecule has 2 aliphatic rings. The van der Waals surface area contributed by atoms with Crippen LogP contribution in [-0.2, 0) is 37.0 Å². The number of carbonyl (C=O) groups excluding carboxylic acids is 3. The van der Waals surface area contributed by atoms with Gasteiger partial charge in [-0.1, -0.05) is 18.7 Å². The second kappa shape index (κ2) is 13.1. The van der Waals surface area contributed by atoms with Crippen molar-refractivity contribution in [1.82, 2.24) is 15.1 Å². The number of aliphatic hydroxyl groups excluding tert-OH is 3. The van der Waals surface area contributed by atoms with Crippen LogP contribution in [-0.4, -0.2) is 89.2 Å². The number of ether oxygens (including phenoxy) is 2. The third kappa shape index (κ3) is 6.69. The Bertz CT molecular complexity index is 1140. The molecule has 4 N–H and O–H groups in total. The summed E-state index contributed by atoms with van der Waals surface area (Å²) in [5.74, 6) is -4.55. The maximum atomic E-state index is 14.8. The Morgan fingerprint density at radius 2 is 2.00 bits per heavy atom. The van der Waals surface area contributed by atoms with Gasteiger partial charge in [0.2, 0.25) is 5.91 Å². The molecule has 206 valence electrons. The molecular weight excluding hydrogens is 501 g/mol. The highest BCUT2D eigenvalue weighted by Crippen LogP contribution is 2.32. The number of halogens is 1. The lowest BCUT2D eigenvalue weighted by Crippen LogP contribution is -2.46. The summed E-state index contributed by atoms with van der Waals surface area (Å²) in [4.78, 5) is 39.6. The van der Waals surface area contributed by atoms with Gasteiger partial charge in [-0.15, -0.1) is 0 Å². The van der Waals surface area contributed by atoms with E-state index in [4.69, 9.17) is 9.47 Å². The molecule has 3 rings (SSSR count). The van der Waals surface area contributed by atoms with Gasteiger partial charge in [0.1, 0.15) is 24.8 Å². The Balaban J connectivity index is 1.82. The molecule has 0 aromatic heterocycles. The molecule has 2 aliphatic heterocycles. The Labute approximate surface area is 219 Å². The minimum absolute atomic E-state index is 0.0139. The van der Waals surface area contributed by atoms with Gasteiger partial charge in [0, 0.05) is 38.7 Å². The average molecular weight is 534 g/mol. The number of hydrogen-bond donors (Lipinski definition) is 4. The maximum absolute atomic E-state index is 14.8. The van der Waals surface area contributed by atoms with Gasteiger partial charge in [-0.25, -0.2) is 4.39 Å². The summed E-state index contributed by atoms with van der Waals surface area (Å²) in [5.41, 5.74) is 0.155. The Morgan fingerprint density at radius 3 is 2.61 bits per heavy atom. The summed E-state index contributed by atoms with van der Waals surface area (Å²) in [7, 11) is 1.36. The van der Waals surface area contributed by atoms with Crippen LogP contribution in [0.5, 0.6) is 0 Å². The summed E-state index contributed by atoms with van der Waals surface area (Å²) in [6.07, 6.45) is 0.556. The molecule has 0 aliphatic carbocycles. The summed E-state index contributed by atoms with van der Waals surface area (Å²) >= 11 is 0. The van der Waals surface area contributed by atoms with E-state index in [0.29, 0.717) is 26.0 Å². The van der Waals surface area contributed by atoms with Crippen LogP contribution in [0.2, 0.25) is 0 Å². The summed E-state index contributed by atoms with van der Waals surface area (Å²) in [6, 6.07) is 3.55. The fourth-order valence-electron chi connectivity index (χ4n) is 4.29. The predicted molar refractivity (Wildman–Crippen MR) is 133 cm³/mol. The Morgan fingerprint density at radius 1 is 1.29 bits per heavy atom. The molecule has 1 unspecified atom stereocenters. The first-order valence-electron chi connectivity index (χ1n) is 12.1. The molecule has 0 saturated carbocycles. The van der Waals surface area contributed by atoms with Gasteiger partial charge in [0.25, 0.3) is 11.9 Å². The summed E-state index contributed by atoms with van der Waals surface area (Å²) in [6.45, 7) is 5.73. The van der Waals surface area contributed by atoms with E-state index in [1.165, 1.54) is 19.2 Å². The lowest BCUT2D eigenvalue weighted by atomic mass is 10.1. The van der Waals surface area contributed by atoms with Crippen LogP contribution in [0.1, 0.15) is 24.0 Å². The Kier molecular flexibility index (Phi) is 9.85. The monoisotopic (exact) mass is 533 g/mol. The summed E-state index contributed by atoms with van der Waals surface area (Å²) in [5, 5.41) is 33.1. The molecule has 0 radical (unpaired) electrons. The van der Waals surface area contributed by atoms with Crippen molar-refractivity contribution in [2.75, 3.05) is 39.9 Å². The van der Waals surface area contributed by atoms with E-state index in [-0.39, 0.29) is 30.5 Å². The van der Waals surface area contributed by atoms with Gasteiger partial charge in [0.05, 0.1) is 30.9 Å². The first-order chi connectivity index (χ1) is 18.2. The standard InChI is InChI=1S/C26H32FN3O8/c1-16(32)23(33)22-19(14-30(25(22)35)21(4-3-9-31)24(34)28-2)26(36)38-15-18-6-5-17(12-20(18)27)13-29-7-10-37-11-8-29/h5-6,9,12,21,32-33,36H,1,3-4,7-8,10-11,13-15H2,2H3,(H,28,34)/b23-22-,26-19+. The number of benzene rings is 1. The first-order valence-corrected chi connectivity index (χ1v) is 12.1. The highest BCUT2D eigenvalue weighted by Gasteiger charge is 2.42. The largest absolute Gasteiger partial charge is 0.505 e. The van der Waals surface area contributed by atoms with Crippen molar-refractivity contribution < 1.29 is 43.6 Å². The number of rotatable bonds is 11. The van der Waals surface area contributed by atoms with Crippen LogP contribution < -0.4 is 5.32 Å². The van der Waals surface area contributed by atoms with Crippen LogP contribution in [0.15, 0.2) is 53.4 Å². The molecule has 11 nitrogen and oxygen atoms in total. The second-order valence-corrected chi connectivity index (χ2v) is 8.86. The highest BCUT2D eigenvalue weighted by atomic mass is 19.1. The van der Waals surface area contributed by atoms with Crippen molar-refractivity contribution in [3.8, 4) is 0 Å². The molecule has 0 bridgehead atoms. The molecule has 1 aromatic carbocycles. The molecule has 38 heavy (non-hydrogen) atoms. The zero-order chi connectivity index (χ0) is 27.8. The number of likely N-dealkylation sites (tertiary alicyclic amines) is 1. The van der Waals surface area contributed by atoms with E-state index in [1.807, 2.05) is 0 Å². The van der Waals surface area contributed by atoms with Gasteiger partial charge in [0.15, 0.2) is 11.5 Å². The summed E-state index contributed by atoms with van der Waals surface area (Å²) < 4.78 is 25.4. The predicted octanol–water partition coefficient (Wildman–Crippen LogP) is 1.76. The van der Waals surface area contributed by atoms with Gasteiger partial charge in [-0.2, -0.15) is 0 Å². The quantitative estimate of drug-likeness (QED) is 0.190. The molecule has 2 fully saturated rings. The number of nitrogens with zero attached hydrogens (tertiary/aromatic N) is 2. The normalized spacial score (nSPS) is 19.6. The lowest BCUT2D eigenvalue weighted by Gasteiger charge is -2.26. The van der Waals surface area contributed by atoms with E-state index in [9.17, 15) is 34.1 Å². The van der Waals surface area contributed by atoms with E-state index in [1.54, 1.807) is 6.07 Å². The van der Waals surface area contributed by atoms with E-state index in [0.717, 1.165) is 23.6 Å². The fourth-order valence-corrected chi connectivity index (χ4v) is 4.29. The molecule has 0 spiro atoms. The molecular formula is C26H32FN3O8. The van der Waals surface area contributed by atoms with Crippen LogP contribution in [0.25, 0.3) is 0 Å². The van der Waals surface area contributed by atoms with Crippen LogP contribution in [0, 0.1) is 5.82 Å². The van der Waals surface area contributed by atoms with Crippen molar-refractivity contribution in [3.63, 3.8) is 0 Å². The van der Waals surface area contributed by atoms with Gasteiger partial charge in [-0.3, -0.25) is 14.5 Å². The second-order valence-electron chi connectivity index (χ2n) is 8.86. The number of aliphatic hydroxyl groups is 3. The van der Waals surface area contributed by atoms with Crippen molar-refractivity contribution in [2.45, 2.75) is 32.0 Å². The molecule has 2 saturated heterocycles. The number of aldehydes is 1. The van der Waals surface area contributed by atoms with Crippen molar-refractivity contribution in [3.05, 3.63) is 70.3 Å². The molecule has 12 heteroatoms. The van der Waals surface area contributed by atoms with Crippen LogP contribution in [0.3, 0.4) is 0 Å². The molecule has 2 amide bonds. The van der Waals surface area contributed by atoms with Crippen molar-refractivity contribution in [2.24, 2.45) is 0 Å². The number of likely N-dealkylation sites (N-methyl/N-ethyl adjacent to an activating group) is 1. The first kappa shape index (κ1) is 28.7. The SMILES string of the molecule is C=C(O)/C(O)=C1/C(=O)N(C(CCC=O)C(=O)NC)C/C1=C(/O)OCc1ccc(CN2CCOCC2)cc1F. The average Bonchev–Trinajstić information content (AvgIpc) is 3.24. The highest BCUT2D eigenvalue weighted by molar-refractivity contribution is 6.04. The zero-order valence-corrected chi connectivity index (χ0v) is 21.1. The number of hydrogen-bond acceptors (Lipinski definition) is 9. The number of nitrogens with one attached hydrogen (secondary N) is 1. The number of amides is 2. The van der Waals surface area contributed by atoms with Gasteiger partial charge in [-0.05, 0) is 18.1 Å². The zero-order valence-electron chi connectivity index (χ0n) is 21.1. The maximum Gasteiger partial charge on any atom is 0.283 e. The minimum Gasteiger partial charge on any atom is -0.505 e. The smallest absolute Gasteiger partial charge is 0.283 e. The number of morpholine rings is 1. The lowest BCUT2D eigenvalue weighted by molar-refractivity contribution is -0.136. The van der Waals surface area contributed by atoms with E-state index < -0.39 is 53.3 Å². The minimum atomic E-state index is -1.10. The third-order valence-electron chi connectivity index (χ3n) is 6.35. The third-order valence-corrected chi connectivity index (χ3v) is 6.35. The molecule has 1 atom stereocenters. The van der Waals surface area contributed by atoms with Gasteiger partial charge >= 0.3 is 0 Å². The van der Waals surface area contributed by atoms with Crippen LogP contribution in [0.4, 0.5) is 4.39 Å². The molecule has 1 aromatic rings. The topological polar surface area (TPSA) is 149 Å². The number of carbonyl (C=O) groups is 3. The van der Waals surface area contributed by atoms with Crippen LogP contribution >= 0.6 is 0 Å². The van der Waals surface area contributed by atoms with Gasteiger partial charge < -0.3 is 39.8 Å². The van der Waals surface area contributed by atoms with E-state index in [2.05, 4.69) is 16.8 Å². The molecule has 2 heterocycles. The Hall–Kier alpha value is -3.90. The van der Waals surface area contributed by atoms with E-state index >= 15 is 0 Å².